The van der Waals surface area contributed by atoms with Crippen molar-refractivity contribution in [3.63, 3.8) is 0 Å². The monoisotopic (exact) mass is 221 g/mol. The molecule has 0 saturated heterocycles. The molecule has 0 bridgehead atoms. The van der Waals surface area contributed by atoms with Crippen LogP contribution in [0.25, 0.3) is 0 Å². The van der Waals surface area contributed by atoms with Crippen LogP contribution in [-0.4, -0.2) is 13.2 Å². The van der Waals surface area contributed by atoms with Gasteiger partial charge in [-0.3, -0.25) is 0 Å². The molecule has 0 aliphatic heterocycles. The fourth-order valence-corrected chi connectivity index (χ4v) is 1.57. The van der Waals surface area contributed by atoms with Crippen molar-refractivity contribution in [1.82, 2.24) is 5.32 Å². The number of benzene rings is 1. The summed E-state index contributed by atoms with van der Waals surface area (Å²) in [5.41, 5.74) is 1.28. The van der Waals surface area contributed by atoms with Crippen LogP contribution in [0.3, 0.4) is 0 Å². The molecule has 0 radical (unpaired) electrons. The largest absolute Gasteiger partial charge is 0.494 e. The summed E-state index contributed by atoms with van der Waals surface area (Å²) in [6, 6.07) is 8.68. The second-order valence-corrected chi connectivity index (χ2v) is 4.53. The van der Waals surface area contributed by atoms with Crippen LogP contribution in [0, 0.1) is 5.92 Å². The van der Waals surface area contributed by atoms with Crippen molar-refractivity contribution in [2.45, 2.75) is 33.7 Å². The summed E-state index contributed by atoms with van der Waals surface area (Å²) < 4.78 is 5.49. The second-order valence-electron chi connectivity index (χ2n) is 4.53. The molecule has 0 heterocycles. The van der Waals surface area contributed by atoms with Crippen LogP contribution in [0.1, 0.15) is 39.3 Å². The third-order valence-corrected chi connectivity index (χ3v) is 2.50. The van der Waals surface area contributed by atoms with Crippen molar-refractivity contribution in [3.05, 3.63) is 29.8 Å². The standard InChI is InChI=1S/C14H23NO/c1-5-16-14-8-6-7-13(9-14)12(4)15-10-11(2)3/h6-9,11-12,15H,5,10H2,1-4H3/t12-/m0/s1. The minimum Gasteiger partial charge on any atom is -0.494 e. The first-order valence-corrected chi connectivity index (χ1v) is 6.09. The third-order valence-electron chi connectivity index (χ3n) is 2.50. The van der Waals surface area contributed by atoms with E-state index in [1.165, 1.54) is 5.56 Å². The van der Waals surface area contributed by atoms with E-state index < -0.39 is 0 Å². The van der Waals surface area contributed by atoms with Gasteiger partial charge in [-0.15, -0.1) is 0 Å². The maximum absolute atomic E-state index is 5.49. The number of ether oxygens (including phenoxy) is 1. The van der Waals surface area contributed by atoms with Crippen LogP contribution in [0.2, 0.25) is 0 Å². The van der Waals surface area contributed by atoms with Crippen molar-refractivity contribution in [3.8, 4) is 5.75 Å². The number of rotatable bonds is 6. The molecule has 1 aromatic rings. The van der Waals surface area contributed by atoms with Crippen LogP contribution in [0.5, 0.6) is 5.75 Å². The van der Waals surface area contributed by atoms with Gasteiger partial charge in [-0.25, -0.2) is 0 Å². The van der Waals surface area contributed by atoms with Crippen LogP contribution in [-0.2, 0) is 0 Å². The highest BCUT2D eigenvalue weighted by Crippen LogP contribution is 2.19. The van der Waals surface area contributed by atoms with Gasteiger partial charge < -0.3 is 10.1 Å². The molecule has 1 atom stereocenters. The van der Waals surface area contributed by atoms with E-state index in [2.05, 4.69) is 38.2 Å². The van der Waals surface area contributed by atoms with Gasteiger partial charge in [0.2, 0.25) is 0 Å². The lowest BCUT2D eigenvalue weighted by Gasteiger charge is -2.16. The fourth-order valence-electron chi connectivity index (χ4n) is 1.57. The molecule has 0 unspecified atom stereocenters. The van der Waals surface area contributed by atoms with Crippen LogP contribution < -0.4 is 10.1 Å². The molecule has 0 amide bonds. The Labute approximate surface area is 99.0 Å². The molecule has 0 aromatic heterocycles. The zero-order chi connectivity index (χ0) is 12.0. The first kappa shape index (κ1) is 13.0. The highest BCUT2D eigenvalue weighted by atomic mass is 16.5. The Balaban J connectivity index is 2.60. The Morgan fingerprint density at radius 1 is 1.25 bits per heavy atom. The Kier molecular flexibility index (Phi) is 5.33. The summed E-state index contributed by atoms with van der Waals surface area (Å²) in [4.78, 5) is 0. The van der Waals surface area contributed by atoms with Gasteiger partial charge in [-0.05, 0) is 44.0 Å². The summed E-state index contributed by atoms with van der Waals surface area (Å²) in [5.74, 6) is 1.63. The van der Waals surface area contributed by atoms with Crippen LogP contribution >= 0.6 is 0 Å². The summed E-state index contributed by atoms with van der Waals surface area (Å²) in [7, 11) is 0. The first-order chi connectivity index (χ1) is 7.63. The highest BCUT2D eigenvalue weighted by molar-refractivity contribution is 5.30. The van der Waals surface area contributed by atoms with Gasteiger partial charge in [0, 0.05) is 6.04 Å². The lowest BCUT2D eigenvalue weighted by molar-refractivity contribution is 0.339. The summed E-state index contributed by atoms with van der Waals surface area (Å²) >= 11 is 0. The minimum absolute atomic E-state index is 0.378. The van der Waals surface area contributed by atoms with Crippen LogP contribution in [0.15, 0.2) is 24.3 Å². The molecule has 1 aromatic carbocycles. The molecule has 16 heavy (non-hydrogen) atoms. The molecule has 0 fully saturated rings. The first-order valence-electron chi connectivity index (χ1n) is 6.09. The minimum atomic E-state index is 0.378. The predicted octanol–water partition coefficient (Wildman–Crippen LogP) is 3.39. The highest BCUT2D eigenvalue weighted by Gasteiger charge is 2.06. The molecule has 2 nitrogen and oxygen atoms in total. The molecule has 90 valence electrons. The van der Waals surface area contributed by atoms with Crippen molar-refractivity contribution in [1.29, 1.82) is 0 Å². The topological polar surface area (TPSA) is 21.3 Å². The molecule has 0 aliphatic rings. The molecule has 0 saturated carbocycles. The van der Waals surface area contributed by atoms with E-state index in [1.54, 1.807) is 0 Å². The Hall–Kier alpha value is -1.02. The van der Waals surface area contributed by atoms with E-state index in [1.807, 2.05) is 19.1 Å². The Morgan fingerprint density at radius 3 is 2.62 bits per heavy atom. The van der Waals surface area contributed by atoms with E-state index in [4.69, 9.17) is 4.74 Å². The zero-order valence-corrected chi connectivity index (χ0v) is 10.8. The maximum atomic E-state index is 5.49. The van der Waals surface area contributed by atoms with Gasteiger partial charge in [-0.1, -0.05) is 26.0 Å². The van der Waals surface area contributed by atoms with Gasteiger partial charge in [0.25, 0.3) is 0 Å². The van der Waals surface area contributed by atoms with Crippen molar-refractivity contribution < 1.29 is 4.74 Å². The quantitative estimate of drug-likeness (QED) is 0.795. The molecular formula is C14H23NO. The number of nitrogens with one attached hydrogen (secondary N) is 1. The normalized spacial score (nSPS) is 12.8. The fraction of sp³-hybridized carbons (Fsp3) is 0.571. The molecule has 1 rings (SSSR count). The van der Waals surface area contributed by atoms with Crippen molar-refractivity contribution in [2.75, 3.05) is 13.2 Å². The van der Waals surface area contributed by atoms with Crippen LogP contribution in [0.4, 0.5) is 0 Å². The smallest absolute Gasteiger partial charge is 0.119 e. The van der Waals surface area contributed by atoms with E-state index in [0.717, 1.165) is 18.9 Å². The summed E-state index contributed by atoms with van der Waals surface area (Å²) in [6.45, 7) is 10.4. The van der Waals surface area contributed by atoms with E-state index in [0.29, 0.717) is 12.0 Å². The number of hydrogen-bond donors (Lipinski definition) is 1. The maximum Gasteiger partial charge on any atom is 0.119 e. The van der Waals surface area contributed by atoms with Gasteiger partial charge in [0.05, 0.1) is 6.61 Å². The Morgan fingerprint density at radius 2 is 2.00 bits per heavy atom. The molecule has 0 aliphatic carbocycles. The average molecular weight is 221 g/mol. The molecular weight excluding hydrogens is 198 g/mol. The SMILES string of the molecule is CCOc1cccc([C@H](C)NCC(C)C)c1. The average Bonchev–Trinajstić information content (AvgIpc) is 2.26. The number of hydrogen-bond acceptors (Lipinski definition) is 2. The van der Waals surface area contributed by atoms with Gasteiger partial charge >= 0.3 is 0 Å². The second kappa shape index (κ2) is 6.54. The summed E-state index contributed by atoms with van der Waals surface area (Å²) in [6.07, 6.45) is 0. The Bertz CT molecular complexity index is 309. The van der Waals surface area contributed by atoms with E-state index >= 15 is 0 Å². The predicted molar refractivity (Wildman–Crippen MR) is 68.9 cm³/mol. The van der Waals surface area contributed by atoms with E-state index in [-0.39, 0.29) is 0 Å². The molecule has 1 N–H and O–H groups in total. The lowest BCUT2D eigenvalue weighted by atomic mass is 10.1. The van der Waals surface area contributed by atoms with Gasteiger partial charge in [0.15, 0.2) is 0 Å². The lowest BCUT2D eigenvalue weighted by Crippen LogP contribution is -2.23. The summed E-state index contributed by atoms with van der Waals surface area (Å²) in [5, 5.41) is 3.51. The molecule has 2 heteroatoms. The third kappa shape index (κ3) is 4.23. The van der Waals surface area contributed by atoms with Crippen molar-refractivity contribution >= 4 is 0 Å². The molecule has 0 spiro atoms. The van der Waals surface area contributed by atoms with Gasteiger partial charge in [-0.2, -0.15) is 0 Å². The van der Waals surface area contributed by atoms with E-state index in [9.17, 15) is 0 Å². The van der Waals surface area contributed by atoms with Crippen molar-refractivity contribution in [2.24, 2.45) is 5.92 Å². The zero-order valence-electron chi connectivity index (χ0n) is 10.8. The van der Waals surface area contributed by atoms with Gasteiger partial charge in [0.1, 0.15) is 5.75 Å².